The van der Waals surface area contributed by atoms with Gasteiger partial charge in [-0.1, -0.05) is 13.8 Å². The fourth-order valence-corrected chi connectivity index (χ4v) is 4.10. The van der Waals surface area contributed by atoms with Gasteiger partial charge < -0.3 is 10.3 Å². The summed E-state index contributed by atoms with van der Waals surface area (Å²) in [7, 11) is 0. The first-order valence-electron chi connectivity index (χ1n) is 11.2. The highest BCUT2D eigenvalue weighted by Crippen LogP contribution is 2.30. The molecule has 8 heteroatoms. The third kappa shape index (κ3) is 5.23. The highest BCUT2D eigenvalue weighted by Gasteiger charge is 2.26. The van der Waals surface area contributed by atoms with Crippen LogP contribution in [0.2, 0.25) is 0 Å². The molecule has 0 saturated heterocycles. The van der Waals surface area contributed by atoms with E-state index < -0.39 is 0 Å². The number of carbonyl (C=O) groups excluding carboxylic acids is 1. The summed E-state index contributed by atoms with van der Waals surface area (Å²) < 4.78 is 0. The normalized spacial score (nSPS) is 14.7. The van der Waals surface area contributed by atoms with Crippen molar-refractivity contribution in [3.63, 3.8) is 0 Å². The molecule has 0 spiro atoms. The Bertz CT molecular complexity index is 1150. The number of hydrogen-bond donors (Lipinski definition) is 2. The summed E-state index contributed by atoms with van der Waals surface area (Å²) in [6, 6.07) is 4.05. The summed E-state index contributed by atoms with van der Waals surface area (Å²) in [5.74, 6) is 0.527. The SMILES string of the molecule is Cc1[nH]c(C=C2C=NN(c3cnccn3)C2=O)c(C(C)C)c1CCCNCc1ccncc1. The van der Waals surface area contributed by atoms with E-state index in [1.54, 1.807) is 18.6 Å². The van der Waals surface area contributed by atoms with Gasteiger partial charge in [0.2, 0.25) is 0 Å². The number of nitrogens with zero attached hydrogens (tertiary/aromatic N) is 5. The minimum Gasteiger partial charge on any atom is -0.359 e. The predicted molar refractivity (Wildman–Crippen MR) is 130 cm³/mol. The fourth-order valence-electron chi connectivity index (χ4n) is 4.10. The minimum atomic E-state index is -0.209. The number of anilines is 1. The van der Waals surface area contributed by atoms with Crippen LogP contribution in [0.5, 0.6) is 0 Å². The van der Waals surface area contributed by atoms with Crippen molar-refractivity contribution in [1.82, 2.24) is 25.3 Å². The van der Waals surface area contributed by atoms with Crippen LogP contribution in [0.15, 0.2) is 53.8 Å². The molecular weight excluding hydrogens is 414 g/mol. The van der Waals surface area contributed by atoms with Gasteiger partial charge in [-0.2, -0.15) is 10.1 Å². The summed E-state index contributed by atoms with van der Waals surface area (Å²) in [5, 5.41) is 9.01. The molecule has 170 valence electrons. The maximum atomic E-state index is 12.9. The zero-order chi connectivity index (χ0) is 23.2. The molecule has 0 atom stereocenters. The minimum absolute atomic E-state index is 0.209. The largest absolute Gasteiger partial charge is 0.359 e. The Morgan fingerprint density at radius 2 is 1.97 bits per heavy atom. The number of aromatic amines is 1. The lowest BCUT2D eigenvalue weighted by molar-refractivity contribution is -0.114. The van der Waals surface area contributed by atoms with Crippen LogP contribution >= 0.6 is 0 Å². The summed E-state index contributed by atoms with van der Waals surface area (Å²) >= 11 is 0. The zero-order valence-electron chi connectivity index (χ0n) is 19.2. The van der Waals surface area contributed by atoms with Gasteiger partial charge in [-0.25, -0.2) is 4.98 Å². The van der Waals surface area contributed by atoms with Gasteiger partial charge in [0.05, 0.1) is 18.0 Å². The molecule has 33 heavy (non-hydrogen) atoms. The Morgan fingerprint density at radius 1 is 1.15 bits per heavy atom. The molecule has 0 unspecified atom stereocenters. The van der Waals surface area contributed by atoms with E-state index in [-0.39, 0.29) is 5.91 Å². The van der Waals surface area contributed by atoms with E-state index in [0.717, 1.165) is 37.3 Å². The molecule has 0 radical (unpaired) electrons. The second-order valence-electron chi connectivity index (χ2n) is 8.37. The maximum absolute atomic E-state index is 12.9. The van der Waals surface area contributed by atoms with Crippen LogP contribution in [-0.4, -0.2) is 38.6 Å². The van der Waals surface area contributed by atoms with E-state index >= 15 is 0 Å². The average Bonchev–Trinajstić information content (AvgIpc) is 3.34. The van der Waals surface area contributed by atoms with E-state index in [9.17, 15) is 4.79 Å². The summed E-state index contributed by atoms with van der Waals surface area (Å²) in [6.45, 7) is 8.24. The molecule has 2 N–H and O–H groups in total. The van der Waals surface area contributed by atoms with Crippen LogP contribution < -0.4 is 10.3 Å². The molecule has 1 amide bonds. The Balaban J connectivity index is 1.44. The van der Waals surface area contributed by atoms with Gasteiger partial charge in [0, 0.05) is 42.7 Å². The van der Waals surface area contributed by atoms with Crippen LogP contribution in [0.3, 0.4) is 0 Å². The highest BCUT2D eigenvalue weighted by molar-refractivity contribution is 6.25. The molecule has 1 aliphatic rings. The van der Waals surface area contributed by atoms with Crippen molar-refractivity contribution < 1.29 is 4.79 Å². The molecule has 0 aromatic carbocycles. The summed E-state index contributed by atoms with van der Waals surface area (Å²) in [5.41, 5.74) is 6.46. The number of hydrazone groups is 1. The van der Waals surface area contributed by atoms with Crippen molar-refractivity contribution in [2.24, 2.45) is 5.10 Å². The zero-order valence-corrected chi connectivity index (χ0v) is 19.2. The van der Waals surface area contributed by atoms with Gasteiger partial charge in [0.15, 0.2) is 5.82 Å². The van der Waals surface area contributed by atoms with Crippen LogP contribution in [0.1, 0.15) is 54.3 Å². The number of nitrogens with one attached hydrogen (secondary N) is 2. The van der Waals surface area contributed by atoms with Crippen molar-refractivity contribution in [2.75, 3.05) is 11.6 Å². The first kappa shape index (κ1) is 22.5. The molecule has 4 heterocycles. The van der Waals surface area contributed by atoms with Crippen LogP contribution in [0.4, 0.5) is 5.82 Å². The Morgan fingerprint density at radius 3 is 2.70 bits per heavy atom. The summed E-state index contributed by atoms with van der Waals surface area (Å²) in [6.07, 6.45) is 13.7. The molecule has 3 aromatic heterocycles. The molecule has 0 bridgehead atoms. The molecule has 3 aromatic rings. The Kier molecular flexibility index (Phi) is 7.04. The first-order valence-corrected chi connectivity index (χ1v) is 11.2. The Labute approximate surface area is 193 Å². The molecular formula is C25H29N7O. The third-order valence-corrected chi connectivity index (χ3v) is 5.64. The average molecular weight is 444 g/mol. The van der Waals surface area contributed by atoms with Crippen molar-refractivity contribution >= 4 is 24.0 Å². The van der Waals surface area contributed by atoms with Gasteiger partial charge in [-0.3, -0.25) is 14.8 Å². The van der Waals surface area contributed by atoms with E-state index in [2.05, 4.69) is 51.1 Å². The third-order valence-electron chi connectivity index (χ3n) is 5.64. The maximum Gasteiger partial charge on any atom is 0.281 e. The smallest absolute Gasteiger partial charge is 0.281 e. The van der Waals surface area contributed by atoms with Gasteiger partial charge in [-0.05, 0) is 67.1 Å². The lowest BCUT2D eigenvalue weighted by atomic mass is 9.94. The molecule has 0 fully saturated rings. The van der Waals surface area contributed by atoms with Crippen molar-refractivity contribution in [3.8, 4) is 0 Å². The molecule has 1 aliphatic heterocycles. The number of pyridine rings is 1. The molecule has 0 aliphatic carbocycles. The second-order valence-corrected chi connectivity index (χ2v) is 8.37. The molecule has 0 saturated carbocycles. The van der Waals surface area contributed by atoms with Gasteiger partial charge >= 0.3 is 0 Å². The lowest BCUT2D eigenvalue weighted by Crippen LogP contribution is -2.22. The quantitative estimate of drug-likeness (QED) is 0.387. The number of H-pyrrole nitrogens is 1. The van der Waals surface area contributed by atoms with Crippen molar-refractivity contribution in [3.05, 3.63) is 76.8 Å². The highest BCUT2D eigenvalue weighted by atomic mass is 16.2. The van der Waals surface area contributed by atoms with E-state index in [0.29, 0.717) is 17.3 Å². The first-order chi connectivity index (χ1) is 16.0. The topological polar surface area (TPSA) is 99.2 Å². The standard InChI is InChI=1S/C25H29N7O/c1-17(2)24-21(5-4-8-27-14-19-6-9-26-10-7-19)18(3)31-22(24)13-20-15-30-32(25(20)33)23-16-28-11-12-29-23/h6-7,9-13,15-17,27,31H,4-5,8,14H2,1-3H3. The van der Waals surface area contributed by atoms with E-state index in [4.69, 9.17) is 0 Å². The number of rotatable bonds is 9. The monoisotopic (exact) mass is 443 g/mol. The number of aryl methyl sites for hydroxylation is 1. The van der Waals surface area contributed by atoms with Crippen LogP contribution in [-0.2, 0) is 17.8 Å². The van der Waals surface area contributed by atoms with Gasteiger partial charge in [0.1, 0.15) is 0 Å². The van der Waals surface area contributed by atoms with Gasteiger partial charge in [-0.15, -0.1) is 0 Å². The molecule has 4 rings (SSSR count). The summed E-state index contributed by atoms with van der Waals surface area (Å²) in [4.78, 5) is 28.6. The second kappa shape index (κ2) is 10.3. The van der Waals surface area contributed by atoms with E-state index in [1.807, 2.05) is 30.6 Å². The number of aromatic nitrogens is 4. The fraction of sp³-hybridized carbons (Fsp3) is 0.320. The number of amides is 1. The van der Waals surface area contributed by atoms with Crippen molar-refractivity contribution in [1.29, 1.82) is 0 Å². The lowest BCUT2D eigenvalue weighted by Gasteiger charge is -2.11. The van der Waals surface area contributed by atoms with Crippen LogP contribution in [0.25, 0.3) is 6.08 Å². The van der Waals surface area contributed by atoms with Gasteiger partial charge in [0.25, 0.3) is 5.91 Å². The predicted octanol–water partition coefficient (Wildman–Crippen LogP) is 3.77. The van der Waals surface area contributed by atoms with E-state index in [1.165, 1.54) is 27.9 Å². The van der Waals surface area contributed by atoms with Crippen molar-refractivity contribution in [2.45, 2.75) is 46.1 Å². The molecule has 8 nitrogen and oxygen atoms in total. The Hall–Kier alpha value is -3.65. The number of hydrogen-bond acceptors (Lipinski definition) is 6. The van der Waals surface area contributed by atoms with Crippen LogP contribution in [0, 0.1) is 6.92 Å². The number of carbonyl (C=O) groups is 1.